The summed E-state index contributed by atoms with van der Waals surface area (Å²) >= 11 is 0. The molecule has 1 saturated carbocycles. The second-order valence-electron chi connectivity index (χ2n) is 9.41. The van der Waals surface area contributed by atoms with Crippen LogP contribution in [0.4, 0.5) is 26.3 Å². The number of aromatic nitrogens is 3. The van der Waals surface area contributed by atoms with Gasteiger partial charge >= 0.3 is 18.0 Å². The Kier molecular flexibility index (Phi) is 5.98. The number of aromatic amines is 2. The molecule has 0 bridgehead atoms. The van der Waals surface area contributed by atoms with Crippen LogP contribution in [0.5, 0.6) is 0 Å². The molecule has 0 radical (unpaired) electrons. The predicted molar refractivity (Wildman–Crippen MR) is 115 cm³/mol. The van der Waals surface area contributed by atoms with E-state index in [0.717, 1.165) is 12.0 Å². The molecule has 12 heteroatoms. The van der Waals surface area contributed by atoms with Crippen LogP contribution in [-0.2, 0) is 30.2 Å². The van der Waals surface area contributed by atoms with Crippen LogP contribution in [-0.4, -0.2) is 33.2 Å². The van der Waals surface area contributed by atoms with E-state index in [0.29, 0.717) is 31.0 Å². The molecule has 1 aromatic heterocycles. The van der Waals surface area contributed by atoms with Crippen LogP contribution in [0.2, 0.25) is 0 Å². The van der Waals surface area contributed by atoms with Crippen LogP contribution >= 0.6 is 0 Å². The fourth-order valence-corrected chi connectivity index (χ4v) is 5.36. The quantitative estimate of drug-likeness (QED) is 0.441. The summed E-state index contributed by atoms with van der Waals surface area (Å²) in [7, 11) is 0. The van der Waals surface area contributed by atoms with Crippen molar-refractivity contribution < 1.29 is 31.1 Å². The average molecular weight is 512 g/mol. The van der Waals surface area contributed by atoms with Crippen LogP contribution < -0.4 is 5.69 Å². The number of H-pyrrole nitrogens is 2. The highest BCUT2D eigenvalue weighted by Gasteiger charge is 2.66. The zero-order valence-corrected chi connectivity index (χ0v) is 18.8. The highest BCUT2D eigenvalue weighted by Crippen LogP contribution is 2.67. The molecule has 2 aliphatic rings. The Bertz CT molecular complexity index is 1250. The van der Waals surface area contributed by atoms with E-state index in [1.165, 1.54) is 0 Å². The molecule has 5 rings (SSSR count). The molecule has 3 atom stereocenters. The average Bonchev–Trinajstić information content (AvgIpc) is 3.17. The number of likely N-dealkylation sites (tertiary alicyclic amines) is 1. The van der Waals surface area contributed by atoms with Crippen molar-refractivity contribution in [1.82, 2.24) is 20.1 Å². The molecule has 1 unspecified atom stereocenters. The van der Waals surface area contributed by atoms with Crippen molar-refractivity contribution in [3.05, 3.63) is 87.1 Å². The lowest BCUT2D eigenvalue weighted by Gasteiger charge is -2.32. The maximum absolute atomic E-state index is 13.2. The number of hydrogen-bond acceptors (Lipinski definition) is 4. The van der Waals surface area contributed by atoms with Gasteiger partial charge in [-0.3, -0.25) is 9.88 Å². The first-order valence-corrected chi connectivity index (χ1v) is 11.2. The van der Waals surface area contributed by atoms with Gasteiger partial charge in [0.15, 0.2) is 0 Å². The molecule has 2 aromatic carbocycles. The summed E-state index contributed by atoms with van der Waals surface area (Å²) in [5.74, 6) is 0.711. The molecule has 2 fully saturated rings. The van der Waals surface area contributed by atoms with Gasteiger partial charge in [0, 0.05) is 18.0 Å². The van der Waals surface area contributed by atoms with Crippen LogP contribution in [0.25, 0.3) is 0 Å². The lowest BCUT2D eigenvalue weighted by molar-refractivity contribution is -0.143. The van der Waals surface area contributed by atoms with E-state index >= 15 is 0 Å². The summed E-state index contributed by atoms with van der Waals surface area (Å²) in [5, 5.41) is 6.32. The Morgan fingerprint density at radius 3 is 2.28 bits per heavy atom. The third-order valence-corrected chi connectivity index (χ3v) is 6.95. The van der Waals surface area contributed by atoms with Crippen molar-refractivity contribution in [3.63, 3.8) is 0 Å². The number of ether oxygens (including phenoxy) is 1. The maximum Gasteiger partial charge on any atom is 0.416 e. The molecule has 6 nitrogen and oxygen atoms in total. The lowest BCUT2D eigenvalue weighted by Crippen LogP contribution is -2.31. The molecule has 192 valence electrons. The van der Waals surface area contributed by atoms with Gasteiger partial charge in [0.05, 0.1) is 30.9 Å². The number of nitrogens with zero attached hydrogens (tertiary/aromatic N) is 2. The Morgan fingerprint density at radius 1 is 1.03 bits per heavy atom. The van der Waals surface area contributed by atoms with E-state index < -0.39 is 29.2 Å². The number of fused-ring (bicyclic) bond motifs is 1. The van der Waals surface area contributed by atoms with Gasteiger partial charge in [0.2, 0.25) is 0 Å². The molecule has 36 heavy (non-hydrogen) atoms. The molecular formula is C24H22F6N4O2. The fraction of sp³-hybridized carbons (Fsp3) is 0.417. The number of alkyl halides is 6. The normalized spacial score (nSPS) is 24.2. The van der Waals surface area contributed by atoms with Crippen molar-refractivity contribution in [2.45, 2.75) is 38.0 Å². The fourth-order valence-electron chi connectivity index (χ4n) is 5.36. The lowest BCUT2D eigenvalue weighted by atomic mass is 9.90. The highest BCUT2D eigenvalue weighted by molar-refractivity contribution is 5.34. The number of nitrogens with one attached hydrogen (secondary N) is 2. The van der Waals surface area contributed by atoms with Crippen molar-refractivity contribution in [2.24, 2.45) is 11.3 Å². The summed E-state index contributed by atoms with van der Waals surface area (Å²) in [6.45, 7) is 0.858. The van der Waals surface area contributed by atoms with Gasteiger partial charge < -0.3 is 4.74 Å². The number of piperidine rings is 1. The Balaban J connectivity index is 1.35. The van der Waals surface area contributed by atoms with Crippen molar-refractivity contribution in [1.29, 1.82) is 0 Å². The van der Waals surface area contributed by atoms with Gasteiger partial charge in [-0.2, -0.15) is 31.4 Å². The first-order chi connectivity index (χ1) is 17.0. The van der Waals surface area contributed by atoms with Crippen LogP contribution in [0.3, 0.4) is 0 Å². The summed E-state index contributed by atoms with van der Waals surface area (Å²) < 4.78 is 84.9. The third-order valence-electron chi connectivity index (χ3n) is 6.95. The second-order valence-corrected chi connectivity index (χ2v) is 9.41. The SMILES string of the molecule is O=c1[nH]nc(CN2CC3C[C@@]3(COCc3cc(C(F)(F)F)cc(C(F)(F)F)c3)[C@@H]2c2ccccc2)[nH]1. The number of benzene rings is 2. The summed E-state index contributed by atoms with van der Waals surface area (Å²) in [4.78, 5) is 16.2. The van der Waals surface area contributed by atoms with E-state index in [4.69, 9.17) is 4.74 Å². The molecule has 1 saturated heterocycles. The standard InChI is InChI=1S/C24H22F6N4O2/c25-23(26,27)16-6-14(7-17(8-16)24(28,29)30)12-36-13-22-9-18(22)10-34(11-19-31-21(35)33-32-19)20(22)15-4-2-1-3-5-15/h1-8,18,20H,9-13H2,(H2,31,32,33,35)/t18?,20-,22-/m0/s1. The minimum Gasteiger partial charge on any atom is -0.376 e. The van der Waals surface area contributed by atoms with Gasteiger partial charge in [-0.15, -0.1) is 0 Å². The largest absolute Gasteiger partial charge is 0.416 e. The smallest absolute Gasteiger partial charge is 0.376 e. The first-order valence-electron chi connectivity index (χ1n) is 11.2. The zero-order chi connectivity index (χ0) is 25.7. The van der Waals surface area contributed by atoms with E-state index in [2.05, 4.69) is 20.1 Å². The Morgan fingerprint density at radius 2 is 1.69 bits per heavy atom. The topological polar surface area (TPSA) is 74.0 Å². The van der Waals surface area contributed by atoms with Crippen LogP contribution in [0.1, 0.15) is 40.5 Å². The van der Waals surface area contributed by atoms with E-state index in [1.54, 1.807) is 0 Å². The van der Waals surface area contributed by atoms with Gasteiger partial charge in [-0.1, -0.05) is 30.3 Å². The molecule has 3 aromatic rings. The Hall–Kier alpha value is -3.12. The van der Waals surface area contributed by atoms with E-state index in [9.17, 15) is 31.1 Å². The molecular weight excluding hydrogens is 490 g/mol. The molecule has 2 heterocycles. The number of hydrogen-bond donors (Lipinski definition) is 2. The minimum atomic E-state index is -4.91. The summed E-state index contributed by atoms with van der Waals surface area (Å²) in [5.41, 5.74) is -2.65. The third kappa shape index (κ3) is 4.79. The summed E-state index contributed by atoms with van der Waals surface area (Å²) in [6.07, 6.45) is -9.00. The van der Waals surface area contributed by atoms with E-state index in [1.807, 2.05) is 30.3 Å². The predicted octanol–water partition coefficient (Wildman–Crippen LogP) is 4.92. The number of halogens is 6. The summed E-state index contributed by atoms with van der Waals surface area (Å²) in [6, 6.07) is 11.0. The number of rotatable bonds is 7. The maximum atomic E-state index is 13.2. The van der Waals surface area contributed by atoms with Crippen LogP contribution in [0.15, 0.2) is 53.3 Å². The van der Waals surface area contributed by atoms with Gasteiger partial charge in [0.25, 0.3) is 0 Å². The monoisotopic (exact) mass is 512 g/mol. The van der Waals surface area contributed by atoms with Crippen molar-refractivity contribution in [3.8, 4) is 0 Å². The van der Waals surface area contributed by atoms with Gasteiger partial charge in [-0.05, 0) is 41.7 Å². The first kappa shape index (κ1) is 24.6. The van der Waals surface area contributed by atoms with Crippen molar-refractivity contribution >= 4 is 0 Å². The highest BCUT2D eigenvalue weighted by atomic mass is 19.4. The zero-order valence-electron chi connectivity index (χ0n) is 18.8. The van der Waals surface area contributed by atoms with Gasteiger partial charge in [0.1, 0.15) is 5.82 Å². The molecule has 1 aliphatic carbocycles. The molecule has 0 spiro atoms. The molecule has 2 N–H and O–H groups in total. The van der Waals surface area contributed by atoms with Crippen molar-refractivity contribution in [2.75, 3.05) is 13.2 Å². The van der Waals surface area contributed by atoms with Gasteiger partial charge in [-0.25, -0.2) is 9.89 Å². The van der Waals surface area contributed by atoms with Crippen LogP contribution in [0, 0.1) is 11.3 Å². The Labute approximate surface area is 201 Å². The molecule has 0 amide bonds. The second kappa shape index (κ2) is 8.77. The van der Waals surface area contributed by atoms with E-state index in [-0.39, 0.29) is 42.2 Å². The molecule has 1 aliphatic heterocycles. The minimum absolute atomic E-state index is 0.110.